The standard InChI is InChI=1S/C12H15N3O/c1-9(6-13)8-15(3)12(16)11-5-4-10(2)14-7-11/h4-5,7,9H,8H2,1-3H3. The summed E-state index contributed by atoms with van der Waals surface area (Å²) in [6, 6.07) is 5.65. The van der Waals surface area contributed by atoms with E-state index in [-0.39, 0.29) is 11.8 Å². The molecule has 0 aliphatic heterocycles. The number of carbonyl (C=O) groups is 1. The molecule has 1 aromatic rings. The first kappa shape index (κ1) is 12.2. The number of pyridine rings is 1. The van der Waals surface area contributed by atoms with Crippen LogP contribution in [0.5, 0.6) is 0 Å². The molecule has 0 saturated carbocycles. The summed E-state index contributed by atoms with van der Waals surface area (Å²) in [4.78, 5) is 17.5. The zero-order valence-corrected chi connectivity index (χ0v) is 9.77. The van der Waals surface area contributed by atoms with Crippen molar-refractivity contribution in [3.8, 4) is 6.07 Å². The van der Waals surface area contributed by atoms with Gasteiger partial charge in [-0.15, -0.1) is 0 Å². The van der Waals surface area contributed by atoms with E-state index in [2.05, 4.69) is 11.1 Å². The number of aryl methyl sites for hydroxylation is 1. The maximum absolute atomic E-state index is 11.9. The molecule has 0 aliphatic carbocycles. The zero-order chi connectivity index (χ0) is 12.1. The zero-order valence-electron chi connectivity index (χ0n) is 9.77. The van der Waals surface area contributed by atoms with Gasteiger partial charge in [-0.25, -0.2) is 0 Å². The van der Waals surface area contributed by atoms with Gasteiger partial charge in [0.15, 0.2) is 0 Å². The summed E-state index contributed by atoms with van der Waals surface area (Å²) in [6.07, 6.45) is 1.56. The number of rotatable bonds is 3. The van der Waals surface area contributed by atoms with Crippen LogP contribution in [0.3, 0.4) is 0 Å². The molecule has 1 unspecified atom stereocenters. The first-order valence-corrected chi connectivity index (χ1v) is 5.12. The second kappa shape index (κ2) is 5.26. The van der Waals surface area contributed by atoms with Crippen molar-refractivity contribution in [2.75, 3.05) is 13.6 Å². The Morgan fingerprint density at radius 2 is 2.31 bits per heavy atom. The summed E-state index contributed by atoms with van der Waals surface area (Å²) in [5.41, 5.74) is 1.43. The van der Waals surface area contributed by atoms with Gasteiger partial charge < -0.3 is 4.90 Å². The largest absolute Gasteiger partial charge is 0.340 e. The Hall–Kier alpha value is -1.89. The van der Waals surface area contributed by atoms with E-state index in [0.717, 1.165) is 5.69 Å². The van der Waals surface area contributed by atoms with Gasteiger partial charge in [-0.2, -0.15) is 5.26 Å². The second-order valence-electron chi connectivity index (χ2n) is 3.90. The van der Waals surface area contributed by atoms with E-state index in [0.29, 0.717) is 12.1 Å². The minimum Gasteiger partial charge on any atom is -0.340 e. The summed E-state index contributed by atoms with van der Waals surface area (Å²) in [5.74, 6) is -0.262. The normalized spacial score (nSPS) is 11.6. The SMILES string of the molecule is Cc1ccc(C(=O)N(C)CC(C)C#N)cn1. The smallest absolute Gasteiger partial charge is 0.255 e. The Bertz CT molecular complexity index is 405. The van der Waals surface area contributed by atoms with Crippen molar-refractivity contribution in [1.29, 1.82) is 5.26 Å². The maximum atomic E-state index is 11.9. The molecular formula is C12H15N3O. The van der Waals surface area contributed by atoms with E-state index in [1.54, 1.807) is 37.2 Å². The highest BCUT2D eigenvalue weighted by atomic mass is 16.2. The van der Waals surface area contributed by atoms with Crippen LogP contribution < -0.4 is 0 Å². The lowest BCUT2D eigenvalue weighted by atomic mass is 10.2. The van der Waals surface area contributed by atoms with Crippen LogP contribution in [-0.4, -0.2) is 29.4 Å². The highest BCUT2D eigenvalue weighted by Gasteiger charge is 2.14. The molecule has 0 spiro atoms. The Balaban J connectivity index is 2.71. The van der Waals surface area contributed by atoms with E-state index < -0.39 is 0 Å². The molecule has 4 heteroatoms. The molecule has 1 rings (SSSR count). The summed E-state index contributed by atoms with van der Waals surface area (Å²) in [7, 11) is 1.69. The maximum Gasteiger partial charge on any atom is 0.255 e. The van der Waals surface area contributed by atoms with Crippen molar-refractivity contribution >= 4 is 5.91 Å². The third-order valence-electron chi connectivity index (χ3n) is 2.27. The molecular weight excluding hydrogens is 202 g/mol. The number of hydrogen-bond donors (Lipinski definition) is 0. The van der Waals surface area contributed by atoms with Crippen LogP contribution in [0.1, 0.15) is 23.0 Å². The summed E-state index contributed by atoms with van der Waals surface area (Å²) in [6.45, 7) is 4.09. The van der Waals surface area contributed by atoms with Gasteiger partial charge in [0.25, 0.3) is 5.91 Å². The van der Waals surface area contributed by atoms with Gasteiger partial charge in [0.1, 0.15) is 0 Å². The van der Waals surface area contributed by atoms with Crippen LogP contribution in [0, 0.1) is 24.2 Å². The number of nitriles is 1. The lowest BCUT2D eigenvalue weighted by Gasteiger charge is -2.18. The van der Waals surface area contributed by atoms with Crippen LogP contribution in [0.25, 0.3) is 0 Å². The van der Waals surface area contributed by atoms with Crippen LogP contribution in [0.15, 0.2) is 18.3 Å². The van der Waals surface area contributed by atoms with Crippen LogP contribution in [0.2, 0.25) is 0 Å². The van der Waals surface area contributed by atoms with Crippen LogP contribution >= 0.6 is 0 Å². The Kier molecular flexibility index (Phi) is 4.01. The third-order valence-corrected chi connectivity index (χ3v) is 2.27. The quantitative estimate of drug-likeness (QED) is 0.773. The van der Waals surface area contributed by atoms with E-state index in [9.17, 15) is 4.79 Å². The first-order chi connectivity index (χ1) is 7.54. The molecule has 0 fully saturated rings. The summed E-state index contributed by atoms with van der Waals surface area (Å²) in [5, 5.41) is 8.67. The van der Waals surface area contributed by atoms with Gasteiger partial charge in [-0.05, 0) is 26.0 Å². The van der Waals surface area contributed by atoms with Crippen molar-refractivity contribution in [2.24, 2.45) is 5.92 Å². The lowest BCUT2D eigenvalue weighted by molar-refractivity contribution is 0.0784. The minimum absolute atomic E-state index is 0.102. The fourth-order valence-electron chi connectivity index (χ4n) is 1.35. The topological polar surface area (TPSA) is 57.0 Å². The van der Waals surface area contributed by atoms with Crippen LogP contribution in [0.4, 0.5) is 0 Å². The number of nitrogens with zero attached hydrogens (tertiary/aromatic N) is 3. The second-order valence-corrected chi connectivity index (χ2v) is 3.90. The first-order valence-electron chi connectivity index (χ1n) is 5.12. The minimum atomic E-state index is -0.160. The van der Waals surface area contributed by atoms with Gasteiger partial charge in [-0.3, -0.25) is 9.78 Å². The van der Waals surface area contributed by atoms with E-state index in [4.69, 9.17) is 5.26 Å². The highest BCUT2D eigenvalue weighted by molar-refractivity contribution is 5.93. The van der Waals surface area contributed by atoms with Gasteiger partial charge >= 0.3 is 0 Å². The molecule has 84 valence electrons. The van der Waals surface area contributed by atoms with Crippen molar-refractivity contribution in [3.05, 3.63) is 29.6 Å². The molecule has 0 N–H and O–H groups in total. The van der Waals surface area contributed by atoms with Crippen LogP contribution in [-0.2, 0) is 0 Å². The molecule has 0 aromatic carbocycles. The Morgan fingerprint density at radius 1 is 1.62 bits per heavy atom. The fraction of sp³-hybridized carbons (Fsp3) is 0.417. The van der Waals surface area contributed by atoms with Crippen molar-refractivity contribution < 1.29 is 4.79 Å². The molecule has 0 saturated heterocycles. The van der Waals surface area contributed by atoms with Crippen molar-refractivity contribution in [3.63, 3.8) is 0 Å². The fourth-order valence-corrected chi connectivity index (χ4v) is 1.35. The monoisotopic (exact) mass is 217 g/mol. The average molecular weight is 217 g/mol. The predicted molar refractivity (Wildman–Crippen MR) is 60.7 cm³/mol. The van der Waals surface area contributed by atoms with E-state index >= 15 is 0 Å². The molecule has 16 heavy (non-hydrogen) atoms. The molecule has 1 atom stereocenters. The van der Waals surface area contributed by atoms with E-state index in [1.165, 1.54) is 0 Å². The summed E-state index contributed by atoms with van der Waals surface area (Å²) >= 11 is 0. The number of hydrogen-bond acceptors (Lipinski definition) is 3. The number of amides is 1. The Labute approximate surface area is 95.5 Å². The molecule has 1 heterocycles. The molecule has 1 amide bonds. The Morgan fingerprint density at radius 3 is 2.81 bits per heavy atom. The molecule has 1 aromatic heterocycles. The predicted octanol–water partition coefficient (Wildman–Crippen LogP) is 1.62. The van der Waals surface area contributed by atoms with Gasteiger partial charge in [-0.1, -0.05) is 0 Å². The average Bonchev–Trinajstić information content (AvgIpc) is 2.28. The molecule has 4 nitrogen and oxygen atoms in total. The van der Waals surface area contributed by atoms with Crippen molar-refractivity contribution in [2.45, 2.75) is 13.8 Å². The molecule has 0 bridgehead atoms. The van der Waals surface area contributed by atoms with Gasteiger partial charge in [0, 0.05) is 25.5 Å². The number of aromatic nitrogens is 1. The highest BCUT2D eigenvalue weighted by Crippen LogP contribution is 2.05. The molecule has 0 radical (unpaired) electrons. The summed E-state index contributed by atoms with van der Waals surface area (Å²) < 4.78 is 0. The number of carbonyl (C=O) groups excluding carboxylic acids is 1. The third kappa shape index (κ3) is 3.06. The lowest BCUT2D eigenvalue weighted by Crippen LogP contribution is -2.30. The van der Waals surface area contributed by atoms with Gasteiger partial charge in [0.2, 0.25) is 0 Å². The van der Waals surface area contributed by atoms with Crippen molar-refractivity contribution in [1.82, 2.24) is 9.88 Å². The molecule has 0 aliphatic rings. The van der Waals surface area contributed by atoms with Gasteiger partial charge in [0.05, 0.1) is 17.6 Å². The van der Waals surface area contributed by atoms with E-state index in [1.807, 2.05) is 6.92 Å².